The third-order valence-corrected chi connectivity index (χ3v) is 2.95. The zero-order valence-electron chi connectivity index (χ0n) is 8.61. The molecule has 14 heavy (non-hydrogen) atoms. The van der Waals surface area contributed by atoms with Gasteiger partial charge < -0.3 is 0 Å². The van der Waals surface area contributed by atoms with Crippen LogP contribution in [0.25, 0.3) is 0 Å². The first-order valence-corrected chi connectivity index (χ1v) is 5.22. The maximum Gasteiger partial charge on any atom is 0.135 e. The van der Waals surface area contributed by atoms with Crippen LogP contribution < -0.4 is 0 Å². The highest BCUT2D eigenvalue weighted by molar-refractivity contribution is 5.18. The van der Waals surface area contributed by atoms with Gasteiger partial charge in [-0.25, -0.2) is 9.97 Å². The Labute approximate surface area is 85.1 Å². The van der Waals surface area contributed by atoms with E-state index in [4.69, 9.17) is 0 Å². The summed E-state index contributed by atoms with van der Waals surface area (Å²) < 4.78 is 0. The molecule has 0 N–H and O–H groups in total. The Morgan fingerprint density at radius 3 is 2.64 bits per heavy atom. The lowest BCUT2D eigenvalue weighted by atomic mass is 9.79. The van der Waals surface area contributed by atoms with Crippen molar-refractivity contribution in [3.63, 3.8) is 0 Å². The molecule has 1 aliphatic rings. The third kappa shape index (κ3) is 1.84. The first-order chi connectivity index (χ1) is 6.77. The van der Waals surface area contributed by atoms with E-state index in [-0.39, 0.29) is 0 Å². The number of aromatic nitrogens is 2. The van der Waals surface area contributed by atoms with Crippen LogP contribution in [-0.4, -0.2) is 9.97 Å². The van der Waals surface area contributed by atoms with Crippen molar-refractivity contribution < 1.29 is 0 Å². The van der Waals surface area contributed by atoms with Gasteiger partial charge in [0.2, 0.25) is 0 Å². The largest absolute Gasteiger partial charge is 0.241 e. The molecular weight excluding hydrogens is 172 g/mol. The van der Waals surface area contributed by atoms with Crippen LogP contribution in [0.3, 0.4) is 0 Å². The fraction of sp³-hybridized carbons (Fsp3) is 0.500. The molecule has 0 aliphatic heterocycles. The predicted molar refractivity (Wildman–Crippen MR) is 56.9 cm³/mol. The number of allylic oxidation sites excluding steroid dienone is 1. The molecule has 2 unspecified atom stereocenters. The Balaban J connectivity index is 2.16. The lowest BCUT2D eigenvalue weighted by molar-refractivity contribution is 0.414. The highest BCUT2D eigenvalue weighted by Gasteiger charge is 2.24. The van der Waals surface area contributed by atoms with Crippen LogP contribution in [0.4, 0.5) is 0 Å². The summed E-state index contributed by atoms with van der Waals surface area (Å²) in [5.74, 6) is 2.12. The van der Waals surface area contributed by atoms with E-state index in [1.54, 1.807) is 0 Å². The monoisotopic (exact) mass is 188 g/mol. The van der Waals surface area contributed by atoms with E-state index in [9.17, 15) is 0 Å². The van der Waals surface area contributed by atoms with Crippen molar-refractivity contribution in [2.45, 2.75) is 32.1 Å². The van der Waals surface area contributed by atoms with Gasteiger partial charge in [-0.2, -0.15) is 0 Å². The summed E-state index contributed by atoms with van der Waals surface area (Å²) in [4.78, 5) is 8.61. The van der Waals surface area contributed by atoms with Gasteiger partial charge in [0.05, 0.1) is 0 Å². The van der Waals surface area contributed by atoms with E-state index in [2.05, 4.69) is 23.5 Å². The van der Waals surface area contributed by atoms with Gasteiger partial charge in [-0.15, -0.1) is 0 Å². The molecule has 74 valence electrons. The molecule has 0 aromatic carbocycles. The highest BCUT2D eigenvalue weighted by Crippen LogP contribution is 2.37. The third-order valence-electron chi connectivity index (χ3n) is 2.95. The van der Waals surface area contributed by atoms with E-state index in [0.717, 1.165) is 24.6 Å². The topological polar surface area (TPSA) is 25.8 Å². The van der Waals surface area contributed by atoms with Gasteiger partial charge in [-0.05, 0) is 31.2 Å². The fourth-order valence-electron chi connectivity index (χ4n) is 2.15. The van der Waals surface area contributed by atoms with E-state index >= 15 is 0 Å². The lowest BCUT2D eigenvalue weighted by Gasteiger charge is -2.27. The molecule has 2 heteroatoms. The summed E-state index contributed by atoms with van der Waals surface area (Å²) in [6, 6.07) is 1.86. The summed E-state index contributed by atoms with van der Waals surface area (Å²) in [7, 11) is 0. The number of hydrogen-bond acceptors (Lipinski definition) is 2. The van der Waals surface area contributed by atoms with Gasteiger partial charge in [-0.1, -0.05) is 19.1 Å². The number of rotatable bonds is 1. The molecule has 0 bridgehead atoms. The molecule has 1 aromatic heterocycles. The Bertz CT molecular complexity index is 318. The van der Waals surface area contributed by atoms with Crippen molar-refractivity contribution >= 4 is 0 Å². The predicted octanol–water partition coefficient (Wildman–Crippen LogP) is 2.94. The average molecular weight is 188 g/mol. The van der Waals surface area contributed by atoms with Crippen LogP contribution in [0.1, 0.15) is 37.9 Å². The molecule has 2 rings (SSSR count). The summed E-state index contributed by atoms with van der Waals surface area (Å²) in [6.07, 6.45) is 7.18. The van der Waals surface area contributed by atoms with E-state index in [1.807, 2.05) is 18.5 Å². The van der Waals surface area contributed by atoms with Gasteiger partial charge >= 0.3 is 0 Å². The smallest absolute Gasteiger partial charge is 0.135 e. The molecule has 0 spiro atoms. The Morgan fingerprint density at radius 1 is 1.29 bits per heavy atom. The van der Waals surface area contributed by atoms with E-state index < -0.39 is 0 Å². The molecule has 2 nitrogen and oxygen atoms in total. The minimum absolute atomic E-state index is 0.396. The number of nitrogens with zero attached hydrogens (tertiary/aromatic N) is 2. The molecule has 0 radical (unpaired) electrons. The fourth-order valence-corrected chi connectivity index (χ4v) is 2.15. The van der Waals surface area contributed by atoms with Crippen molar-refractivity contribution in [1.29, 1.82) is 0 Å². The van der Waals surface area contributed by atoms with E-state index in [0.29, 0.717) is 5.92 Å². The summed E-state index contributed by atoms with van der Waals surface area (Å²) in [6.45, 7) is 6.43. The molecular formula is C12H16N2. The molecule has 1 aromatic rings. The summed E-state index contributed by atoms with van der Waals surface area (Å²) in [5.41, 5.74) is 1.30. The zero-order chi connectivity index (χ0) is 9.97. The second-order valence-corrected chi connectivity index (χ2v) is 4.20. The van der Waals surface area contributed by atoms with Crippen molar-refractivity contribution in [1.82, 2.24) is 9.97 Å². The van der Waals surface area contributed by atoms with Gasteiger partial charge in [-0.3, -0.25) is 0 Å². The molecule has 1 fully saturated rings. The molecule has 2 atom stereocenters. The van der Waals surface area contributed by atoms with Crippen molar-refractivity contribution in [2.24, 2.45) is 5.92 Å². The van der Waals surface area contributed by atoms with Crippen molar-refractivity contribution in [2.75, 3.05) is 0 Å². The average Bonchev–Trinajstić information content (AvgIpc) is 2.19. The SMILES string of the molecule is C=C1CC(C)CCC1c1ncccn1. The van der Waals surface area contributed by atoms with Gasteiger partial charge in [0.25, 0.3) is 0 Å². The molecule has 0 saturated heterocycles. The van der Waals surface area contributed by atoms with Crippen LogP contribution >= 0.6 is 0 Å². The van der Waals surface area contributed by atoms with Gasteiger partial charge in [0, 0.05) is 18.3 Å². The zero-order valence-corrected chi connectivity index (χ0v) is 8.61. The molecule has 0 amide bonds. The quantitative estimate of drug-likeness (QED) is 0.633. The summed E-state index contributed by atoms with van der Waals surface area (Å²) >= 11 is 0. The second kappa shape index (κ2) is 3.91. The minimum atomic E-state index is 0.396. The summed E-state index contributed by atoms with van der Waals surface area (Å²) in [5, 5.41) is 0. The Kier molecular flexibility index (Phi) is 2.62. The van der Waals surface area contributed by atoms with Crippen molar-refractivity contribution in [3.05, 3.63) is 36.4 Å². The molecule has 1 aliphatic carbocycles. The number of hydrogen-bond donors (Lipinski definition) is 0. The Hall–Kier alpha value is -1.18. The van der Waals surface area contributed by atoms with Crippen LogP contribution in [0.15, 0.2) is 30.6 Å². The first-order valence-electron chi connectivity index (χ1n) is 5.22. The Morgan fingerprint density at radius 2 is 2.00 bits per heavy atom. The van der Waals surface area contributed by atoms with Crippen LogP contribution in [0.2, 0.25) is 0 Å². The lowest BCUT2D eigenvalue weighted by Crippen LogP contribution is -2.15. The maximum atomic E-state index is 4.31. The highest BCUT2D eigenvalue weighted by atomic mass is 14.9. The van der Waals surface area contributed by atoms with E-state index in [1.165, 1.54) is 12.0 Å². The van der Waals surface area contributed by atoms with Crippen LogP contribution in [0, 0.1) is 5.92 Å². The van der Waals surface area contributed by atoms with Gasteiger partial charge in [0.15, 0.2) is 0 Å². The van der Waals surface area contributed by atoms with Crippen LogP contribution in [0.5, 0.6) is 0 Å². The minimum Gasteiger partial charge on any atom is -0.241 e. The normalized spacial score (nSPS) is 27.6. The van der Waals surface area contributed by atoms with Crippen molar-refractivity contribution in [3.8, 4) is 0 Å². The van der Waals surface area contributed by atoms with Crippen LogP contribution in [-0.2, 0) is 0 Å². The standard InChI is InChI=1S/C12H16N2/c1-9-4-5-11(10(2)8-9)12-13-6-3-7-14-12/h3,6-7,9,11H,2,4-5,8H2,1H3. The first kappa shape index (κ1) is 9.38. The molecule has 1 heterocycles. The van der Waals surface area contributed by atoms with Gasteiger partial charge in [0.1, 0.15) is 5.82 Å². The molecule has 1 saturated carbocycles. The second-order valence-electron chi connectivity index (χ2n) is 4.20. The maximum absolute atomic E-state index is 4.31.